The van der Waals surface area contributed by atoms with Crippen LogP contribution in [0.2, 0.25) is 0 Å². The van der Waals surface area contributed by atoms with Gasteiger partial charge in [-0.3, -0.25) is 4.79 Å². The molecule has 92 valence electrons. The molecule has 0 unspecified atom stereocenters. The number of hydrogen-bond donors (Lipinski definition) is 2. The minimum absolute atomic E-state index is 0.168. The van der Waals surface area contributed by atoms with E-state index in [1.165, 1.54) is 0 Å². The molecule has 3 nitrogen and oxygen atoms in total. The summed E-state index contributed by atoms with van der Waals surface area (Å²) >= 11 is 0. The van der Waals surface area contributed by atoms with Gasteiger partial charge in [0.05, 0.1) is 12.2 Å². The molecule has 0 saturated heterocycles. The molecule has 1 amide bonds. The van der Waals surface area contributed by atoms with Crippen LogP contribution in [0.25, 0.3) is 0 Å². The van der Waals surface area contributed by atoms with Gasteiger partial charge in [-0.1, -0.05) is 0 Å². The predicted octanol–water partition coefficient (Wildman–Crippen LogP) is 1.79. The minimum Gasteiger partial charge on any atom is -0.374 e. The lowest BCUT2D eigenvalue weighted by molar-refractivity contribution is -0.119. The first-order valence-corrected chi connectivity index (χ1v) is 5.24. The summed E-state index contributed by atoms with van der Waals surface area (Å²) in [5.74, 6) is -4.41. The van der Waals surface area contributed by atoms with E-state index in [-0.39, 0.29) is 24.2 Å². The first kappa shape index (κ1) is 11.8. The molecule has 17 heavy (non-hydrogen) atoms. The van der Waals surface area contributed by atoms with Crippen LogP contribution in [0.15, 0.2) is 12.1 Å². The smallest absolute Gasteiger partial charge is 0.239 e. The Hall–Kier alpha value is -1.72. The van der Waals surface area contributed by atoms with Crippen molar-refractivity contribution >= 4 is 11.6 Å². The van der Waals surface area contributed by atoms with Gasteiger partial charge in [0.1, 0.15) is 0 Å². The molecule has 1 saturated carbocycles. The van der Waals surface area contributed by atoms with Crippen molar-refractivity contribution in [3.05, 3.63) is 29.6 Å². The van der Waals surface area contributed by atoms with Crippen LogP contribution >= 0.6 is 0 Å². The van der Waals surface area contributed by atoms with E-state index in [4.69, 9.17) is 0 Å². The third-order valence-electron chi connectivity index (χ3n) is 2.42. The van der Waals surface area contributed by atoms with E-state index >= 15 is 0 Å². The van der Waals surface area contributed by atoms with Crippen molar-refractivity contribution in [2.24, 2.45) is 0 Å². The molecule has 1 aromatic carbocycles. The maximum absolute atomic E-state index is 13.2. The molecule has 1 aromatic rings. The number of nitrogens with one attached hydrogen (secondary N) is 2. The van der Waals surface area contributed by atoms with Crippen LogP contribution in [-0.4, -0.2) is 18.5 Å². The zero-order valence-corrected chi connectivity index (χ0v) is 8.90. The second-order valence-electron chi connectivity index (χ2n) is 3.92. The third-order valence-corrected chi connectivity index (χ3v) is 2.42. The highest BCUT2D eigenvalue weighted by atomic mass is 19.2. The fraction of sp³-hybridized carbons (Fsp3) is 0.364. The van der Waals surface area contributed by atoms with Crippen LogP contribution in [0.4, 0.5) is 18.9 Å². The van der Waals surface area contributed by atoms with Crippen LogP contribution in [-0.2, 0) is 4.79 Å². The Morgan fingerprint density at radius 2 is 1.94 bits per heavy atom. The van der Waals surface area contributed by atoms with Gasteiger partial charge in [0.15, 0.2) is 17.5 Å². The first-order valence-electron chi connectivity index (χ1n) is 5.24. The van der Waals surface area contributed by atoms with E-state index in [0.29, 0.717) is 0 Å². The second-order valence-corrected chi connectivity index (χ2v) is 3.92. The lowest BCUT2D eigenvalue weighted by Gasteiger charge is -2.08. The number of rotatable bonds is 4. The normalized spacial score (nSPS) is 14.5. The molecule has 0 radical (unpaired) electrons. The quantitative estimate of drug-likeness (QED) is 0.793. The molecular weight excluding hydrogens is 233 g/mol. The Bertz CT molecular complexity index is 447. The fourth-order valence-corrected chi connectivity index (χ4v) is 1.34. The monoisotopic (exact) mass is 244 g/mol. The zero-order chi connectivity index (χ0) is 12.4. The van der Waals surface area contributed by atoms with Crippen LogP contribution in [0, 0.1) is 17.5 Å². The van der Waals surface area contributed by atoms with E-state index in [1.54, 1.807) is 0 Å². The number of carbonyl (C=O) groups excluding carboxylic acids is 1. The van der Waals surface area contributed by atoms with E-state index in [9.17, 15) is 18.0 Å². The average Bonchev–Trinajstić information content (AvgIpc) is 3.09. The van der Waals surface area contributed by atoms with Gasteiger partial charge in [0, 0.05) is 6.04 Å². The van der Waals surface area contributed by atoms with Gasteiger partial charge in [0.2, 0.25) is 5.91 Å². The molecule has 1 aliphatic rings. The van der Waals surface area contributed by atoms with Crippen molar-refractivity contribution in [2.45, 2.75) is 18.9 Å². The molecule has 2 N–H and O–H groups in total. The summed E-state index contributed by atoms with van der Waals surface area (Å²) in [4.78, 5) is 11.3. The summed E-state index contributed by atoms with van der Waals surface area (Å²) in [5, 5.41) is 5.10. The summed E-state index contributed by atoms with van der Waals surface area (Å²) < 4.78 is 38.6. The van der Waals surface area contributed by atoms with Crippen molar-refractivity contribution in [2.75, 3.05) is 11.9 Å². The Balaban J connectivity index is 1.94. The van der Waals surface area contributed by atoms with Crippen molar-refractivity contribution < 1.29 is 18.0 Å². The minimum atomic E-state index is -1.54. The Labute approximate surface area is 96.0 Å². The van der Waals surface area contributed by atoms with Crippen LogP contribution in [0.5, 0.6) is 0 Å². The molecule has 0 atom stereocenters. The van der Waals surface area contributed by atoms with Crippen LogP contribution in [0.1, 0.15) is 12.8 Å². The van der Waals surface area contributed by atoms with E-state index < -0.39 is 17.5 Å². The van der Waals surface area contributed by atoms with Gasteiger partial charge in [-0.05, 0) is 25.0 Å². The molecule has 0 spiro atoms. The Morgan fingerprint density at radius 1 is 1.24 bits per heavy atom. The molecule has 0 aromatic heterocycles. The lowest BCUT2D eigenvalue weighted by Crippen LogP contribution is -2.31. The van der Waals surface area contributed by atoms with E-state index in [2.05, 4.69) is 10.6 Å². The third kappa shape index (κ3) is 2.89. The highest BCUT2D eigenvalue weighted by Crippen LogP contribution is 2.20. The molecule has 1 aliphatic carbocycles. The standard InChI is InChI=1S/C11H11F3N2O/c12-7-3-4-8(11(14)10(7)13)15-5-9(17)16-6-1-2-6/h3-4,6,15H,1-2,5H2,(H,16,17). The van der Waals surface area contributed by atoms with E-state index in [0.717, 1.165) is 25.0 Å². The van der Waals surface area contributed by atoms with Gasteiger partial charge >= 0.3 is 0 Å². The highest BCUT2D eigenvalue weighted by molar-refractivity contribution is 5.81. The maximum Gasteiger partial charge on any atom is 0.239 e. The summed E-state index contributed by atoms with van der Waals surface area (Å²) in [5.41, 5.74) is -0.227. The van der Waals surface area contributed by atoms with Gasteiger partial charge in [-0.25, -0.2) is 13.2 Å². The molecular formula is C11H11F3N2O. The maximum atomic E-state index is 13.2. The molecule has 0 bridgehead atoms. The van der Waals surface area contributed by atoms with Gasteiger partial charge in [0.25, 0.3) is 0 Å². The number of halogens is 3. The predicted molar refractivity (Wildman–Crippen MR) is 56.0 cm³/mol. The summed E-state index contributed by atoms with van der Waals surface area (Å²) in [6.45, 7) is -0.168. The van der Waals surface area contributed by atoms with Crippen LogP contribution in [0.3, 0.4) is 0 Å². The van der Waals surface area contributed by atoms with Crippen molar-refractivity contribution in [1.29, 1.82) is 0 Å². The molecule has 1 fully saturated rings. The number of hydrogen-bond acceptors (Lipinski definition) is 2. The fourth-order valence-electron chi connectivity index (χ4n) is 1.34. The van der Waals surface area contributed by atoms with Crippen molar-refractivity contribution in [3.63, 3.8) is 0 Å². The van der Waals surface area contributed by atoms with Crippen molar-refractivity contribution in [1.82, 2.24) is 5.32 Å². The number of benzene rings is 1. The molecule has 0 aliphatic heterocycles. The molecule has 0 heterocycles. The van der Waals surface area contributed by atoms with Gasteiger partial charge < -0.3 is 10.6 Å². The van der Waals surface area contributed by atoms with Crippen molar-refractivity contribution in [3.8, 4) is 0 Å². The SMILES string of the molecule is O=C(CNc1ccc(F)c(F)c1F)NC1CC1. The van der Waals surface area contributed by atoms with E-state index in [1.807, 2.05) is 0 Å². The van der Waals surface area contributed by atoms with Gasteiger partial charge in [-0.15, -0.1) is 0 Å². The Kier molecular flexibility index (Phi) is 3.21. The Morgan fingerprint density at radius 3 is 2.59 bits per heavy atom. The zero-order valence-electron chi connectivity index (χ0n) is 8.90. The average molecular weight is 244 g/mol. The summed E-state index contributed by atoms with van der Waals surface area (Å²) in [6.07, 6.45) is 1.90. The first-order chi connectivity index (χ1) is 8.08. The summed E-state index contributed by atoms with van der Waals surface area (Å²) in [7, 11) is 0. The number of amides is 1. The second kappa shape index (κ2) is 4.65. The van der Waals surface area contributed by atoms with Gasteiger partial charge in [-0.2, -0.15) is 0 Å². The topological polar surface area (TPSA) is 41.1 Å². The molecule has 6 heteroatoms. The number of carbonyl (C=O) groups is 1. The molecule has 2 rings (SSSR count). The lowest BCUT2D eigenvalue weighted by atomic mass is 10.3. The van der Waals surface area contributed by atoms with Crippen LogP contribution < -0.4 is 10.6 Å². The summed E-state index contributed by atoms with van der Waals surface area (Å²) in [6, 6.07) is 2.07. The largest absolute Gasteiger partial charge is 0.374 e. The number of anilines is 1. The highest BCUT2D eigenvalue weighted by Gasteiger charge is 2.23.